The summed E-state index contributed by atoms with van der Waals surface area (Å²) in [6.45, 7) is 2.46. The largest absolute Gasteiger partial charge is 0.462 e. The molecule has 0 aliphatic carbocycles. The Labute approximate surface area is 147 Å². The molecule has 1 amide bonds. The maximum Gasteiger partial charge on any atom is 0.408 e. The molecule has 0 fully saturated rings. The van der Waals surface area contributed by atoms with E-state index in [0.717, 1.165) is 5.56 Å². The van der Waals surface area contributed by atoms with Gasteiger partial charge in [0.25, 0.3) is 0 Å². The molecule has 1 unspecified atom stereocenters. The van der Waals surface area contributed by atoms with Crippen LogP contribution in [-0.4, -0.2) is 62.9 Å². The van der Waals surface area contributed by atoms with Crippen LogP contribution in [0.4, 0.5) is 4.79 Å². The van der Waals surface area contributed by atoms with Crippen molar-refractivity contribution in [1.82, 2.24) is 5.32 Å². The first kappa shape index (κ1) is 20.9. The van der Waals surface area contributed by atoms with E-state index in [2.05, 4.69) is 5.32 Å². The van der Waals surface area contributed by atoms with E-state index in [-0.39, 0.29) is 19.8 Å². The average molecular weight is 355 g/mol. The number of alkyl carbamates (subject to hydrolysis) is 1. The molecule has 1 aromatic carbocycles. The summed E-state index contributed by atoms with van der Waals surface area (Å²) in [6, 6.07) is 7.88. The van der Waals surface area contributed by atoms with Gasteiger partial charge in [-0.15, -0.1) is 0 Å². The molecule has 8 nitrogen and oxygen atoms in total. The van der Waals surface area contributed by atoms with Crippen molar-refractivity contribution < 1.29 is 33.6 Å². The Kier molecular flexibility index (Phi) is 10.2. The quantitative estimate of drug-likeness (QED) is 0.448. The van der Waals surface area contributed by atoms with Crippen LogP contribution in [0.5, 0.6) is 0 Å². The molecule has 0 spiro atoms. The van der Waals surface area contributed by atoms with Gasteiger partial charge in [-0.3, -0.25) is 0 Å². The van der Waals surface area contributed by atoms with Crippen molar-refractivity contribution in [2.75, 3.05) is 33.5 Å². The summed E-state index contributed by atoms with van der Waals surface area (Å²) in [5, 5.41) is 12.0. The lowest BCUT2D eigenvalue weighted by Gasteiger charge is -2.19. The number of aliphatic hydroxyl groups is 1. The molecule has 140 valence electrons. The third kappa shape index (κ3) is 9.04. The highest BCUT2D eigenvalue weighted by Crippen LogP contribution is 2.02. The fourth-order valence-corrected chi connectivity index (χ4v) is 1.80. The Morgan fingerprint density at radius 3 is 2.40 bits per heavy atom. The van der Waals surface area contributed by atoms with Crippen LogP contribution in [0.3, 0.4) is 0 Å². The fourth-order valence-electron chi connectivity index (χ4n) is 1.80. The molecule has 0 heterocycles. The molecular formula is C17H25NO7. The number of benzene rings is 1. The Hall–Kier alpha value is -2.16. The van der Waals surface area contributed by atoms with Gasteiger partial charge in [0.1, 0.15) is 13.2 Å². The first-order chi connectivity index (χ1) is 12.0. The summed E-state index contributed by atoms with van der Waals surface area (Å²) >= 11 is 0. The highest BCUT2D eigenvalue weighted by atomic mass is 16.6. The van der Waals surface area contributed by atoms with Crippen LogP contribution in [0.2, 0.25) is 0 Å². The van der Waals surface area contributed by atoms with Crippen LogP contribution in [-0.2, 0) is 30.3 Å². The number of carbonyl (C=O) groups is 2. The highest BCUT2D eigenvalue weighted by Gasteiger charge is 2.27. The smallest absolute Gasteiger partial charge is 0.408 e. The van der Waals surface area contributed by atoms with Gasteiger partial charge in [-0.2, -0.15) is 0 Å². The number of carbonyl (C=O) groups excluding carboxylic acids is 2. The number of hydrogen-bond donors (Lipinski definition) is 2. The van der Waals surface area contributed by atoms with Crippen molar-refractivity contribution in [2.45, 2.75) is 25.7 Å². The summed E-state index contributed by atoms with van der Waals surface area (Å²) in [7, 11) is 1.55. The molecule has 0 aliphatic heterocycles. The van der Waals surface area contributed by atoms with E-state index >= 15 is 0 Å². The van der Waals surface area contributed by atoms with Crippen LogP contribution in [0.25, 0.3) is 0 Å². The van der Waals surface area contributed by atoms with Crippen molar-refractivity contribution in [3.05, 3.63) is 35.9 Å². The zero-order chi connectivity index (χ0) is 18.5. The fraction of sp³-hybridized carbons (Fsp3) is 0.529. The zero-order valence-corrected chi connectivity index (χ0v) is 14.5. The summed E-state index contributed by atoms with van der Waals surface area (Å²) in [5.74, 6) is -0.762. The Balaban J connectivity index is 2.34. The van der Waals surface area contributed by atoms with Gasteiger partial charge < -0.3 is 29.4 Å². The lowest BCUT2D eigenvalue weighted by Crippen LogP contribution is -2.48. The summed E-state index contributed by atoms with van der Waals surface area (Å²) in [5.41, 5.74) is 0.807. The molecule has 25 heavy (non-hydrogen) atoms. The Bertz CT molecular complexity index is 507. The molecular weight excluding hydrogens is 330 g/mol. The number of amides is 1. The summed E-state index contributed by atoms with van der Waals surface area (Å²) in [6.07, 6.45) is -1.95. The maximum atomic E-state index is 12.0. The number of aliphatic hydroxyl groups excluding tert-OH is 1. The van der Waals surface area contributed by atoms with Crippen molar-refractivity contribution in [2.24, 2.45) is 0 Å². The summed E-state index contributed by atoms with van der Waals surface area (Å²) in [4.78, 5) is 23.7. The van der Waals surface area contributed by atoms with E-state index in [1.165, 1.54) is 6.92 Å². The third-order valence-electron chi connectivity index (χ3n) is 3.13. The van der Waals surface area contributed by atoms with Crippen LogP contribution < -0.4 is 5.32 Å². The predicted octanol–water partition coefficient (Wildman–Crippen LogP) is 0.868. The number of ether oxygens (including phenoxy) is 4. The van der Waals surface area contributed by atoms with Crippen molar-refractivity contribution in [1.29, 1.82) is 0 Å². The molecule has 0 aliphatic rings. The molecule has 8 heteroatoms. The molecule has 0 radical (unpaired) electrons. The molecule has 0 saturated carbocycles. The minimum atomic E-state index is -1.22. The lowest BCUT2D eigenvalue weighted by molar-refractivity contribution is -0.150. The standard InChI is InChI=1S/C17H25NO7/c1-13(19)15(16(20)24-11-10-23-9-8-22-2)18-17(21)25-12-14-6-4-3-5-7-14/h3-7,13,15,19H,8-12H2,1-2H3,(H,18,21)/t13?,15-/m0/s1. The second-order valence-electron chi connectivity index (χ2n) is 5.20. The van der Waals surface area contributed by atoms with Gasteiger partial charge >= 0.3 is 12.1 Å². The second kappa shape index (κ2) is 12.2. The van der Waals surface area contributed by atoms with Gasteiger partial charge in [0, 0.05) is 7.11 Å². The van der Waals surface area contributed by atoms with Gasteiger partial charge in [0.05, 0.1) is 25.9 Å². The number of esters is 1. The van der Waals surface area contributed by atoms with E-state index in [4.69, 9.17) is 18.9 Å². The number of methoxy groups -OCH3 is 1. The van der Waals surface area contributed by atoms with Crippen molar-refractivity contribution in [3.63, 3.8) is 0 Å². The zero-order valence-electron chi connectivity index (χ0n) is 14.5. The van der Waals surface area contributed by atoms with Gasteiger partial charge in [-0.05, 0) is 12.5 Å². The molecule has 2 atom stereocenters. The molecule has 0 bridgehead atoms. The number of rotatable bonds is 11. The van der Waals surface area contributed by atoms with Crippen LogP contribution in [0.1, 0.15) is 12.5 Å². The molecule has 0 saturated heterocycles. The van der Waals surface area contributed by atoms with E-state index < -0.39 is 24.2 Å². The second-order valence-corrected chi connectivity index (χ2v) is 5.20. The molecule has 2 N–H and O–H groups in total. The third-order valence-corrected chi connectivity index (χ3v) is 3.13. The SMILES string of the molecule is COCCOCCOC(=O)[C@@H](NC(=O)OCc1ccccc1)C(C)O. The first-order valence-electron chi connectivity index (χ1n) is 7.93. The van der Waals surface area contributed by atoms with E-state index in [1.54, 1.807) is 19.2 Å². The molecule has 0 aromatic heterocycles. The number of nitrogens with one attached hydrogen (secondary N) is 1. The van der Waals surface area contributed by atoms with E-state index in [0.29, 0.717) is 13.2 Å². The molecule has 1 rings (SSSR count). The van der Waals surface area contributed by atoms with Crippen LogP contribution in [0, 0.1) is 0 Å². The lowest BCUT2D eigenvalue weighted by atomic mass is 10.2. The van der Waals surface area contributed by atoms with Crippen LogP contribution in [0.15, 0.2) is 30.3 Å². The summed E-state index contributed by atoms with van der Waals surface area (Å²) < 4.78 is 20.0. The van der Waals surface area contributed by atoms with Crippen molar-refractivity contribution >= 4 is 12.1 Å². The Morgan fingerprint density at radius 2 is 1.76 bits per heavy atom. The maximum absolute atomic E-state index is 12.0. The monoisotopic (exact) mass is 355 g/mol. The first-order valence-corrected chi connectivity index (χ1v) is 7.93. The highest BCUT2D eigenvalue weighted by molar-refractivity contribution is 5.81. The average Bonchev–Trinajstić information content (AvgIpc) is 2.61. The number of hydrogen-bond acceptors (Lipinski definition) is 7. The van der Waals surface area contributed by atoms with Crippen molar-refractivity contribution in [3.8, 4) is 0 Å². The minimum Gasteiger partial charge on any atom is -0.462 e. The minimum absolute atomic E-state index is 0.00646. The van der Waals surface area contributed by atoms with Gasteiger partial charge in [0.15, 0.2) is 6.04 Å². The predicted molar refractivity (Wildman–Crippen MR) is 88.9 cm³/mol. The van der Waals surface area contributed by atoms with Gasteiger partial charge in [-0.25, -0.2) is 9.59 Å². The van der Waals surface area contributed by atoms with E-state index in [9.17, 15) is 14.7 Å². The van der Waals surface area contributed by atoms with E-state index in [1.807, 2.05) is 18.2 Å². The van der Waals surface area contributed by atoms with Gasteiger partial charge in [-0.1, -0.05) is 30.3 Å². The normalized spacial score (nSPS) is 12.9. The molecule has 1 aromatic rings. The Morgan fingerprint density at radius 1 is 1.08 bits per heavy atom. The topological polar surface area (TPSA) is 103 Å². The van der Waals surface area contributed by atoms with Crippen LogP contribution >= 0.6 is 0 Å². The van der Waals surface area contributed by atoms with Gasteiger partial charge in [0.2, 0.25) is 0 Å².